The second-order valence-corrected chi connectivity index (χ2v) is 7.58. The van der Waals surface area contributed by atoms with Crippen molar-refractivity contribution in [3.63, 3.8) is 0 Å². The van der Waals surface area contributed by atoms with Crippen LogP contribution in [0.2, 0.25) is 0 Å². The van der Waals surface area contributed by atoms with E-state index in [0.29, 0.717) is 29.1 Å². The van der Waals surface area contributed by atoms with Crippen LogP contribution in [0, 0.1) is 18.3 Å². The van der Waals surface area contributed by atoms with E-state index in [2.05, 4.69) is 16.5 Å². The molecule has 0 saturated carbocycles. The summed E-state index contributed by atoms with van der Waals surface area (Å²) in [6.45, 7) is 1.78. The fraction of sp³-hybridized carbons (Fsp3) is 0.333. The zero-order valence-corrected chi connectivity index (χ0v) is 15.0. The number of imide groups is 1. The first-order valence-electron chi connectivity index (χ1n) is 8.31. The zero-order chi connectivity index (χ0) is 18.3. The van der Waals surface area contributed by atoms with Gasteiger partial charge in [-0.25, -0.2) is 9.48 Å². The van der Waals surface area contributed by atoms with E-state index < -0.39 is 11.6 Å². The van der Waals surface area contributed by atoms with E-state index in [9.17, 15) is 14.9 Å². The first-order chi connectivity index (χ1) is 12.6. The second kappa shape index (κ2) is 6.18. The van der Waals surface area contributed by atoms with Crippen molar-refractivity contribution in [2.45, 2.75) is 25.4 Å². The van der Waals surface area contributed by atoms with Gasteiger partial charge in [-0.15, -0.1) is 0 Å². The fourth-order valence-electron chi connectivity index (χ4n) is 3.45. The van der Waals surface area contributed by atoms with Gasteiger partial charge in [-0.2, -0.15) is 22.1 Å². The summed E-state index contributed by atoms with van der Waals surface area (Å²) in [5.74, 6) is 1.23. The minimum Gasteiger partial charge on any atom is -0.322 e. The van der Waals surface area contributed by atoms with Crippen LogP contribution in [-0.4, -0.2) is 43.7 Å². The molecule has 2 fully saturated rings. The number of aryl methyl sites for hydroxylation is 1. The van der Waals surface area contributed by atoms with Gasteiger partial charge in [0.15, 0.2) is 0 Å². The minimum atomic E-state index is -0.790. The number of rotatable bonds is 3. The lowest BCUT2D eigenvalue weighted by Crippen LogP contribution is -2.47. The summed E-state index contributed by atoms with van der Waals surface area (Å²) >= 11 is 1.66. The lowest BCUT2D eigenvalue weighted by Gasteiger charge is -2.19. The van der Waals surface area contributed by atoms with Crippen molar-refractivity contribution in [3.8, 4) is 11.8 Å². The third kappa shape index (κ3) is 2.47. The van der Waals surface area contributed by atoms with Crippen LogP contribution in [0.25, 0.3) is 5.69 Å². The number of nitrogens with one attached hydrogen (secondary N) is 1. The number of nitrogens with zero attached hydrogens (tertiary/aromatic N) is 4. The highest BCUT2D eigenvalue weighted by Gasteiger charge is 2.53. The first-order valence-corrected chi connectivity index (χ1v) is 9.47. The predicted octanol–water partition coefficient (Wildman–Crippen LogP) is 1.98. The average molecular weight is 367 g/mol. The minimum absolute atomic E-state index is 0.0235. The number of aromatic nitrogens is 2. The van der Waals surface area contributed by atoms with E-state index in [1.54, 1.807) is 23.4 Å². The molecule has 8 heteroatoms. The molecule has 0 aliphatic carbocycles. The molecule has 1 aromatic carbocycles. The third-order valence-electron chi connectivity index (χ3n) is 4.84. The molecule has 3 heterocycles. The van der Waals surface area contributed by atoms with E-state index >= 15 is 0 Å². The highest BCUT2D eigenvalue weighted by Crippen LogP contribution is 2.34. The van der Waals surface area contributed by atoms with Crippen LogP contribution in [0.3, 0.4) is 0 Å². The summed E-state index contributed by atoms with van der Waals surface area (Å²) in [7, 11) is 0. The van der Waals surface area contributed by atoms with Gasteiger partial charge in [-0.3, -0.25) is 9.69 Å². The molecule has 132 valence electrons. The number of urea groups is 1. The number of nitriles is 1. The van der Waals surface area contributed by atoms with Crippen molar-refractivity contribution in [3.05, 3.63) is 47.3 Å². The van der Waals surface area contributed by atoms with Gasteiger partial charge in [0, 0.05) is 5.75 Å². The molecule has 3 amide bonds. The van der Waals surface area contributed by atoms with Crippen LogP contribution in [0.5, 0.6) is 0 Å². The van der Waals surface area contributed by atoms with Gasteiger partial charge >= 0.3 is 6.03 Å². The molecule has 26 heavy (non-hydrogen) atoms. The summed E-state index contributed by atoms with van der Waals surface area (Å²) in [6, 6.07) is 11.1. The van der Waals surface area contributed by atoms with E-state index in [0.717, 1.165) is 11.4 Å². The molecule has 7 nitrogen and oxygen atoms in total. The summed E-state index contributed by atoms with van der Waals surface area (Å²) in [6.07, 6.45) is 0.640. The topological polar surface area (TPSA) is 91.0 Å². The summed E-state index contributed by atoms with van der Waals surface area (Å²) in [5.41, 5.74) is 1.51. The van der Waals surface area contributed by atoms with Crippen LogP contribution < -0.4 is 5.32 Å². The van der Waals surface area contributed by atoms with Crippen molar-refractivity contribution in [1.82, 2.24) is 20.0 Å². The molecule has 1 atom stereocenters. The van der Waals surface area contributed by atoms with Crippen molar-refractivity contribution < 1.29 is 9.59 Å². The Morgan fingerprint density at radius 1 is 1.35 bits per heavy atom. The lowest BCUT2D eigenvalue weighted by atomic mass is 9.99. The summed E-state index contributed by atoms with van der Waals surface area (Å²) in [5, 5.41) is 16.9. The third-order valence-corrected chi connectivity index (χ3v) is 6.03. The molecule has 4 rings (SSSR count). The van der Waals surface area contributed by atoms with Crippen LogP contribution in [-0.2, 0) is 11.3 Å². The Balaban J connectivity index is 1.74. The first kappa shape index (κ1) is 16.7. The van der Waals surface area contributed by atoms with E-state index in [1.165, 1.54) is 4.90 Å². The smallest absolute Gasteiger partial charge is 0.322 e. The Bertz CT molecular complexity index is 925. The molecule has 2 aliphatic rings. The van der Waals surface area contributed by atoms with Gasteiger partial charge in [0.2, 0.25) is 0 Å². The quantitative estimate of drug-likeness (QED) is 0.838. The van der Waals surface area contributed by atoms with Crippen molar-refractivity contribution >= 4 is 23.7 Å². The Morgan fingerprint density at radius 3 is 2.77 bits per heavy atom. The predicted molar refractivity (Wildman–Crippen MR) is 96.8 cm³/mol. The molecule has 2 aromatic rings. The van der Waals surface area contributed by atoms with Gasteiger partial charge in [0.25, 0.3) is 5.91 Å². The number of thioether (sulfide) groups is 1. The molecular formula is C18H17N5O2S. The van der Waals surface area contributed by atoms with Crippen LogP contribution in [0.1, 0.15) is 23.4 Å². The van der Waals surface area contributed by atoms with Crippen LogP contribution in [0.15, 0.2) is 30.3 Å². The molecule has 2 saturated heterocycles. The van der Waals surface area contributed by atoms with Crippen LogP contribution in [0.4, 0.5) is 4.79 Å². The maximum atomic E-state index is 12.9. The molecule has 1 aromatic heterocycles. The standard InChI is InChI=1S/C18H17N5O2S/c1-12-14(9-19)15(23(21-12)13-5-3-2-4-6-13)10-22-16(24)18(20-17(22)25)7-8-26-11-18/h2-6H,7-8,10-11H2,1H3,(H,20,25). The van der Waals surface area contributed by atoms with Gasteiger partial charge < -0.3 is 5.32 Å². The van der Waals surface area contributed by atoms with Crippen molar-refractivity contribution in [2.75, 3.05) is 11.5 Å². The Morgan fingerprint density at radius 2 is 2.12 bits per heavy atom. The average Bonchev–Trinajstić information content (AvgIpc) is 3.30. The molecule has 1 N–H and O–H groups in total. The number of carbonyl (C=O) groups excluding carboxylic acids is 2. The number of benzene rings is 1. The zero-order valence-electron chi connectivity index (χ0n) is 14.2. The Labute approximate surface area is 155 Å². The SMILES string of the molecule is Cc1nn(-c2ccccc2)c(CN2C(=O)NC3(CCSC3)C2=O)c1C#N. The molecule has 0 radical (unpaired) electrons. The molecule has 2 aliphatic heterocycles. The van der Waals surface area contributed by atoms with Crippen molar-refractivity contribution in [1.29, 1.82) is 5.26 Å². The number of hydrogen-bond acceptors (Lipinski definition) is 5. The van der Waals surface area contributed by atoms with Gasteiger partial charge in [0.05, 0.1) is 29.2 Å². The highest BCUT2D eigenvalue weighted by atomic mass is 32.2. The fourth-order valence-corrected chi connectivity index (χ4v) is 4.78. The van der Waals surface area contributed by atoms with Crippen molar-refractivity contribution in [2.24, 2.45) is 0 Å². The summed E-state index contributed by atoms with van der Waals surface area (Å²) in [4.78, 5) is 26.6. The normalized spacial score (nSPS) is 22.1. The molecule has 1 unspecified atom stereocenters. The highest BCUT2D eigenvalue weighted by molar-refractivity contribution is 7.99. The van der Waals surface area contributed by atoms with E-state index in [1.807, 2.05) is 30.3 Å². The second-order valence-electron chi connectivity index (χ2n) is 6.47. The maximum absolute atomic E-state index is 12.9. The molecule has 1 spiro atoms. The number of para-hydroxylation sites is 1. The number of carbonyl (C=O) groups is 2. The monoisotopic (exact) mass is 367 g/mol. The molecule has 0 bridgehead atoms. The molecular weight excluding hydrogens is 350 g/mol. The van der Waals surface area contributed by atoms with E-state index in [-0.39, 0.29) is 12.5 Å². The number of hydrogen-bond donors (Lipinski definition) is 1. The lowest BCUT2D eigenvalue weighted by molar-refractivity contribution is -0.130. The largest absolute Gasteiger partial charge is 0.325 e. The van der Waals surface area contributed by atoms with Gasteiger partial charge in [-0.05, 0) is 31.2 Å². The number of amides is 3. The van der Waals surface area contributed by atoms with Crippen LogP contribution >= 0.6 is 11.8 Å². The van der Waals surface area contributed by atoms with E-state index in [4.69, 9.17) is 0 Å². The summed E-state index contributed by atoms with van der Waals surface area (Å²) < 4.78 is 1.64. The van der Waals surface area contributed by atoms with Gasteiger partial charge in [-0.1, -0.05) is 18.2 Å². The Kier molecular flexibility index (Phi) is 3.96. The Hall–Kier alpha value is -2.79. The van der Waals surface area contributed by atoms with Gasteiger partial charge in [0.1, 0.15) is 11.6 Å². The maximum Gasteiger partial charge on any atom is 0.325 e.